The molecule has 0 saturated carbocycles. The molecular weight excluding hydrogens is 186 g/mol. The van der Waals surface area contributed by atoms with Gasteiger partial charge in [0.15, 0.2) is 0 Å². The number of pyridine rings is 1. The quantitative estimate of drug-likeness (QED) is 0.616. The van der Waals surface area contributed by atoms with Gasteiger partial charge in [0, 0.05) is 18.7 Å². The van der Waals surface area contributed by atoms with E-state index in [0.717, 1.165) is 18.7 Å². The van der Waals surface area contributed by atoms with Gasteiger partial charge in [-0.2, -0.15) is 0 Å². The summed E-state index contributed by atoms with van der Waals surface area (Å²) < 4.78 is 0. The average Bonchev–Trinajstić information content (AvgIpc) is 2.29. The Balaban J connectivity index is 2.07. The van der Waals surface area contributed by atoms with E-state index in [9.17, 15) is 0 Å². The first kappa shape index (κ1) is 10.0. The Labute approximate surface area is 90.1 Å². The fraction of sp³-hybridized carbons (Fsp3) is 0.417. The van der Waals surface area contributed by atoms with E-state index in [0.29, 0.717) is 11.7 Å². The summed E-state index contributed by atoms with van der Waals surface area (Å²) in [6.45, 7) is 2.11. The highest BCUT2D eigenvalue weighted by Crippen LogP contribution is 2.10. The van der Waals surface area contributed by atoms with Crippen molar-refractivity contribution in [1.82, 2.24) is 10.3 Å². The van der Waals surface area contributed by atoms with Crippen LogP contribution >= 0.6 is 0 Å². The molecule has 15 heavy (non-hydrogen) atoms. The van der Waals surface area contributed by atoms with Crippen LogP contribution in [0, 0.1) is 17.8 Å². The van der Waals surface area contributed by atoms with Crippen LogP contribution in [0.25, 0.3) is 0 Å². The van der Waals surface area contributed by atoms with Crippen LogP contribution in [-0.2, 0) is 0 Å². The maximum atomic E-state index is 5.71. The normalized spacial score (nSPS) is 20.4. The van der Waals surface area contributed by atoms with Gasteiger partial charge in [-0.15, -0.1) is 0 Å². The number of aromatic nitrogens is 1. The summed E-state index contributed by atoms with van der Waals surface area (Å²) >= 11 is 0. The maximum absolute atomic E-state index is 5.71. The van der Waals surface area contributed by atoms with Gasteiger partial charge in [-0.05, 0) is 31.5 Å². The molecule has 1 aliphatic rings. The molecule has 3 heteroatoms. The van der Waals surface area contributed by atoms with Crippen molar-refractivity contribution in [3.8, 4) is 11.8 Å². The summed E-state index contributed by atoms with van der Waals surface area (Å²) in [7, 11) is 0. The van der Waals surface area contributed by atoms with Crippen molar-refractivity contribution in [1.29, 1.82) is 0 Å². The van der Waals surface area contributed by atoms with Gasteiger partial charge in [0.2, 0.25) is 0 Å². The first-order valence-electron chi connectivity index (χ1n) is 5.29. The lowest BCUT2D eigenvalue weighted by atomic mass is 10.00. The third-order valence-corrected chi connectivity index (χ3v) is 2.55. The molecule has 0 spiro atoms. The van der Waals surface area contributed by atoms with Crippen LogP contribution < -0.4 is 11.1 Å². The number of anilines is 1. The highest BCUT2D eigenvalue weighted by atomic mass is 14.9. The molecule has 3 nitrogen and oxygen atoms in total. The van der Waals surface area contributed by atoms with Crippen LogP contribution in [0.15, 0.2) is 18.3 Å². The van der Waals surface area contributed by atoms with Gasteiger partial charge in [0.1, 0.15) is 5.82 Å². The van der Waals surface area contributed by atoms with Crippen LogP contribution in [0.3, 0.4) is 0 Å². The molecular formula is C12H15N3. The topological polar surface area (TPSA) is 50.9 Å². The third-order valence-electron chi connectivity index (χ3n) is 2.55. The molecule has 3 N–H and O–H groups in total. The molecule has 0 aliphatic carbocycles. The second-order valence-electron chi connectivity index (χ2n) is 3.75. The van der Waals surface area contributed by atoms with Crippen molar-refractivity contribution in [2.24, 2.45) is 5.92 Å². The maximum Gasteiger partial charge on any atom is 0.139 e. The van der Waals surface area contributed by atoms with Crippen molar-refractivity contribution >= 4 is 5.82 Å². The number of nitrogen functional groups attached to an aromatic ring is 1. The summed E-state index contributed by atoms with van der Waals surface area (Å²) in [5, 5.41) is 3.34. The number of hydrogen-bond acceptors (Lipinski definition) is 3. The second-order valence-corrected chi connectivity index (χ2v) is 3.75. The lowest BCUT2D eigenvalue weighted by molar-refractivity contribution is 0.449. The van der Waals surface area contributed by atoms with E-state index >= 15 is 0 Å². The monoisotopic (exact) mass is 201 g/mol. The van der Waals surface area contributed by atoms with E-state index in [4.69, 9.17) is 5.73 Å². The van der Waals surface area contributed by atoms with Gasteiger partial charge in [-0.25, -0.2) is 4.98 Å². The molecule has 1 unspecified atom stereocenters. The molecule has 1 aliphatic heterocycles. The highest BCUT2D eigenvalue weighted by Gasteiger charge is 2.09. The Morgan fingerprint density at radius 2 is 2.47 bits per heavy atom. The Morgan fingerprint density at radius 3 is 3.20 bits per heavy atom. The minimum absolute atomic E-state index is 0.457. The zero-order valence-electron chi connectivity index (χ0n) is 8.66. The van der Waals surface area contributed by atoms with Crippen LogP contribution in [0.1, 0.15) is 18.4 Å². The third kappa shape index (κ3) is 2.71. The van der Waals surface area contributed by atoms with E-state index in [2.05, 4.69) is 22.1 Å². The molecule has 0 bridgehead atoms. The standard InChI is InChI=1S/C12H15N3/c13-12-11(4-2-8-15-12)6-5-10-3-1-7-14-9-10/h2,4,8,10,14H,1,3,7,9H2,(H2,13,15). The van der Waals surface area contributed by atoms with Crippen LogP contribution in [0.5, 0.6) is 0 Å². The molecule has 2 heterocycles. The lowest BCUT2D eigenvalue weighted by Gasteiger charge is -2.17. The van der Waals surface area contributed by atoms with E-state index in [-0.39, 0.29) is 0 Å². The van der Waals surface area contributed by atoms with E-state index in [1.165, 1.54) is 12.8 Å². The van der Waals surface area contributed by atoms with Crippen molar-refractivity contribution < 1.29 is 0 Å². The second kappa shape index (κ2) is 4.81. The SMILES string of the molecule is Nc1ncccc1C#CC1CCCNC1. The first-order valence-corrected chi connectivity index (χ1v) is 5.29. The van der Waals surface area contributed by atoms with Gasteiger partial charge < -0.3 is 11.1 Å². The Hall–Kier alpha value is -1.53. The number of hydrogen-bond donors (Lipinski definition) is 2. The minimum Gasteiger partial charge on any atom is -0.383 e. The number of nitrogens with zero attached hydrogens (tertiary/aromatic N) is 1. The van der Waals surface area contributed by atoms with Gasteiger partial charge in [-0.3, -0.25) is 0 Å². The minimum atomic E-state index is 0.457. The molecule has 2 rings (SSSR count). The molecule has 1 saturated heterocycles. The predicted octanol–water partition coefficient (Wildman–Crippen LogP) is 1.01. The molecule has 78 valence electrons. The number of rotatable bonds is 0. The van der Waals surface area contributed by atoms with E-state index < -0.39 is 0 Å². The number of nitrogens with one attached hydrogen (secondary N) is 1. The zero-order valence-corrected chi connectivity index (χ0v) is 8.66. The summed E-state index contributed by atoms with van der Waals surface area (Å²) in [6.07, 6.45) is 4.07. The molecule has 1 fully saturated rings. The number of nitrogens with two attached hydrogens (primary N) is 1. The van der Waals surface area contributed by atoms with Crippen molar-refractivity contribution in [2.45, 2.75) is 12.8 Å². The van der Waals surface area contributed by atoms with Crippen molar-refractivity contribution in [2.75, 3.05) is 18.8 Å². The van der Waals surface area contributed by atoms with Gasteiger partial charge in [-0.1, -0.05) is 11.8 Å². The summed E-state index contributed by atoms with van der Waals surface area (Å²) in [4.78, 5) is 4.00. The largest absolute Gasteiger partial charge is 0.383 e. The van der Waals surface area contributed by atoms with Crippen LogP contribution in [0.2, 0.25) is 0 Å². The molecule has 1 aromatic rings. The smallest absolute Gasteiger partial charge is 0.139 e. The first-order chi connectivity index (χ1) is 7.36. The van der Waals surface area contributed by atoms with Crippen molar-refractivity contribution in [3.63, 3.8) is 0 Å². The van der Waals surface area contributed by atoms with Gasteiger partial charge >= 0.3 is 0 Å². The Bertz CT molecular complexity index is 383. The van der Waals surface area contributed by atoms with E-state index in [1.54, 1.807) is 6.20 Å². The van der Waals surface area contributed by atoms with E-state index in [1.807, 2.05) is 12.1 Å². The Morgan fingerprint density at radius 1 is 1.53 bits per heavy atom. The van der Waals surface area contributed by atoms with Gasteiger partial charge in [0.25, 0.3) is 0 Å². The fourth-order valence-electron chi connectivity index (χ4n) is 1.68. The van der Waals surface area contributed by atoms with Gasteiger partial charge in [0.05, 0.1) is 5.56 Å². The molecule has 0 amide bonds. The predicted molar refractivity (Wildman–Crippen MR) is 61.1 cm³/mol. The molecule has 0 aromatic carbocycles. The molecule has 0 radical (unpaired) electrons. The zero-order chi connectivity index (χ0) is 10.5. The average molecular weight is 201 g/mol. The van der Waals surface area contributed by atoms with Crippen molar-refractivity contribution in [3.05, 3.63) is 23.9 Å². The molecule has 1 atom stereocenters. The highest BCUT2D eigenvalue weighted by molar-refractivity contribution is 5.50. The van der Waals surface area contributed by atoms with Crippen LogP contribution in [-0.4, -0.2) is 18.1 Å². The summed E-state index contributed by atoms with van der Waals surface area (Å²) in [6, 6.07) is 3.77. The number of piperidine rings is 1. The Kier molecular flexibility index (Phi) is 3.21. The summed E-state index contributed by atoms with van der Waals surface area (Å²) in [5.74, 6) is 7.33. The fourth-order valence-corrected chi connectivity index (χ4v) is 1.68. The summed E-state index contributed by atoms with van der Waals surface area (Å²) in [5.41, 5.74) is 6.54. The van der Waals surface area contributed by atoms with Crippen LogP contribution in [0.4, 0.5) is 5.82 Å². The molecule has 1 aromatic heterocycles. The lowest BCUT2D eigenvalue weighted by Crippen LogP contribution is -2.28.